The summed E-state index contributed by atoms with van der Waals surface area (Å²) >= 11 is 0. The van der Waals surface area contributed by atoms with Gasteiger partial charge in [0, 0.05) is 32.5 Å². The largest absolute Gasteiger partial charge is 0.380 e. The van der Waals surface area contributed by atoms with E-state index in [4.69, 9.17) is 4.74 Å². The van der Waals surface area contributed by atoms with Gasteiger partial charge in [0.2, 0.25) is 0 Å². The van der Waals surface area contributed by atoms with Crippen LogP contribution >= 0.6 is 0 Å². The van der Waals surface area contributed by atoms with E-state index in [1.54, 1.807) is 4.68 Å². The van der Waals surface area contributed by atoms with Crippen molar-refractivity contribution in [2.75, 3.05) is 25.1 Å². The molecule has 1 aromatic heterocycles. The maximum Gasteiger partial charge on any atom is 0.148 e. The molecule has 0 aliphatic rings. The molecule has 0 aliphatic carbocycles. The molecule has 14 heavy (non-hydrogen) atoms. The predicted octanol–water partition coefficient (Wildman–Crippen LogP) is 1.65. The van der Waals surface area contributed by atoms with Crippen molar-refractivity contribution in [3.05, 3.63) is 12.3 Å². The zero-order chi connectivity index (χ0) is 10.2. The third-order valence-corrected chi connectivity index (χ3v) is 1.91. The Hall–Kier alpha value is -1.03. The minimum absolute atomic E-state index is 0.747. The first-order chi connectivity index (χ1) is 6.83. The predicted molar refractivity (Wildman–Crippen MR) is 57.4 cm³/mol. The number of hydrogen-bond donors (Lipinski definition) is 1. The van der Waals surface area contributed by atoms with Crippen LogP contribution in [0.25, 0.3) is 0 Å². The fourth-order valence-electron chi connectivity index (χ4n) is 1.11. The number of anilines is 1. The lowest BCUT2D eigenvalue weighted by atomic mass is 10.4. The Morgan fingerprint density at radius 1 is 1.50 bits per heavy atom. The van der Waals surface area contributed by atoms with Crippen LogP contribution in [0.4, 0.5) is 5.82 Å². The average Bonchev–Trinajstić information content (AvgIpc) is 2.58. The second kappa shape index (κ2) is 6.43. The first kappa shape index (κ1) is 11.0. The molecule has 0 saturated carbocycles. The van der Waals surface area contributed by atoms with Gasteiger partial charge in [-0.3, -0.25) is 4.68 Å². The van der Waals surface area contributed by atoms with Gasteiger partial charge < -0.3 is 10.1 Å². The molecule has 0 aromatic carbocycles. The number of aryl methyl sites for hydroxylation is 1. The van der Waals surface area contributed by atoms with E-state index in [0.29, 0.717) is 0 Å². The van der Waals surface area contributed by atoms with Crippen LogP contribution in [-0.2, 0) is 11.8 Å². The van der Waals surface area contributed by atoms with Gasteiger partial charge in [0.15, 0.2) is 0 Å². The van der Waals surface area contributed by atoms with E-state index in [0.717, 1.165) is 32.0 Å². The minimum atomic E-state index is 0.747. The second-order valence-corrected chi connectivity index (χ2v) is 3.27. The molecule has 1 rings (SSSR count). The normalized spacial score (nSPS) is 10.4. The summed E-state index contributed by atoms with van der Waals surface area (Å²) in [7, 11) is 1.91. The highest BCUT2D eigenvalue weighted by Crippen LogP contribution is 1.99. The Bertz CT molecular complexity index is 247. The summed E-state index contributed by atoms with van der Waals surface area (Å²) in [6.07, 6.45) is 4.25. The minimum Gasteiger partial charge on any atom is -0.380 e. The average molecular weight is 197 g/mol. The van der Waals surface area contributed by atoms with Gasteiger partial charge in [0.1, 0.15) is 5.82 Å². The highest BCUT2D eigenvalue weighted by atomic mass is 16.5. The van der Waals surface area contributed by atoms with Crippen molar-refractivity contribution in [2.45, 2.75) is 19.8 Å². The zero-order valence-electron chi connectivity index (χ0n) is 8.99. The topological polar surface area (TPSA) is 39.1 Å². The van der Waals surface area contributed by atoms with Gasteiger partial charge in [-0.2, -0.15) is 5.10 Å². The van der Waals surface area contributed by atoms with E-state index < -0.39 is 0 Å². The van der Waals surface area contributed by atoms with E-state index in [-0.39, 0.29) is 0 Å². The van der Waals surface area contributed by atoms with E-state index in [9.17, 15) is 0 Å². The summed E-state index contributed by atoms with van der Waals surface area (Å²) < 4.78 is 7.18. The van der Waals surface area contributed by atoms with Crippen LogP contribution in [0.5, 0.6) is 0 Å². The summed E-state index contributed by atoms with van der Waals surface area (Å²) in [6.45, 7) is 4.59. The van der Waals surface area contributed by atoms with E-state index >= 15 is 0 Å². The van der Waals surface area contributed by atoms with Crippen LogP contribution in [0.3, 0.4) is 0 Å². The molecule has 0 bridgehead atoms. The number of hydrogen-bond acceptors (Lipinski definition) is 3. The molecule has 0 aliphatic heterocycles. The third kappa shape index (κ3) is 4.28. The van der Waals surface area contributed by atoms with E-state index in [2.05, 4.69) is 17.3 Å². The maximum absolute atomic E-state index is 5.41. The summed E-state index contributed by atoms with van der Waals surface area (Å²) in [5.41, 5.74) is 0. The molecule has 1 heterocycles. The highest BCUT2D eigenvalue weighted by molar-refractivity contribution is 5.31. The molecule has 4 nitrogen and oxygen atoms in total. The smallest absolute Gasteiger partial charge is 0.148 e. The van der Waals surface area contributed by atoms with E-state index in [1.165, 1.54) is 6.42 Å². The Kier molecular flexibility index (Phi) is 5.07. The van der Waals surface area contributed by atoms with Crippen LogP contribution in [0.15, 0.2) is 12.3 Å². The molecule has 0 atom stereocenters. The Morgan fingerprint density at radius 3 is 3.00 bits per heavy atom. The summed E-state index contributed by atoms with van der Waals surface area (Å²) in [5, 5.41) is 7.38. The molecule has 1 N–H and O–H groups in total. The first-order valence-corrected chi connectivity index (χ1v) is 5.14. The van der Waals surface area contributed by atoms with Crippen molar-refractivity contribution in [1.82, 2.24) is 9.78 Å². The summed E-state index contributed by atoms with van der Waals surface area (Å²) in [4.78, 5) is 0. The molecular formula is C10H19N3O. The molecule has 0 spiro atoms. The number of aromatic nitrogens is 2. The van der Waals surface area contributed by atoms with Crippen molar-refractivity contribution in [3.8, 4) is 0 Å². The zero-order valence-corrected chi connectivity index (χ0v) is 8.99. The van der Waals surface area contributed by atoms with E-state index in [1.807, 2.05) is 19.3 Å². The molecule has 0 saturated heterocycles. The number of unbranched alkanes of at least 4 members (excludes halogenated alkanes) is 1. The van der Waals surface area contributed by atoms with Gasteiger partial charge in [-0.05, 0) is 6.42 Å². The fraction of sp³-hybridized carbons (Fsp3) is 0.700. The number of ether oxygens (including phenoxy) is 1. The van der Waals surface area contributed by atoms with Crippen LogP contribution in [-0.4, -0.2) is 29.5 Å². The molecule has 1 aromatic rings. The standard InChI is InChI=1S/C10H19N3O/c1-3-4-8-14-9-6-11-10-5-7-13(2)12-10/h5,7H,3-4,6,8-9H2,1-2H3,(H,11,12). The molecule has 4 heteroatoms. The van der Waals surface area contributed by atoms with Crippen LogP contribution in [0.2, 0.25) is 0 Å². The molecule has 0 unspecified atom stereocenters. The highest BCUT2D eigenvalue weighted by Gasteiger charge is 1.94. The van der Waals surface area contributed by atoms with Gasteiger partial charge in [0.05, 0.1) is 6.61 Å². The van der Waals surface area contributed by atoms with Crippen molar-refractivity contribution in [2.24, 2.45) is 7.05 Å². The van der Waals surface area contributed by atoms with Gasteiger partial charge >= 0.3 is 0 Å². The Labute approximate surface area is 85.3 Å². The van der Waals surface area contributed by atoms with Gasteiger partial charge in [-0.25, -0.2) is 0 Å². The monoisotopic (exact) mass is 197 g/mol. The van der Waals surface area contributed by atoms with Gasteiger partial charge in [-0.15, -0.1) is 0 Å². The number of nitrogens with one attached hydrogen (secondary N) is 1. The second-order valence-electron chi connectivity index (χ2n) is 3.27. The van der Waals surface area contributed by atoms with Gasteiger partial charge in [0.25, 0.3) is 0 Å². The summed E-state index contributed by atoms with van der Waals surface area (Å²) in [6, 6.07) is 1.95. The lowest BCUT2D eigenvalue weighted by molar-refractivity contribution is 0.141. The lowest BCUT2D eigenvalue weighted by Crippen LogP contribution is -2.10. The third-order valence-electron chi connectivity index (χ3n) is 1.91. The first-order valence-electron chi connectivity index (χ1n) is 5.14. The van der Waals surface area contributed by atoms with Crippen molar-refractivity contribution >= 4 is 5.82 Å². The Balaban J connectivity index is 1.99. The molecule has 0 amide bonds. The molecule has 0 fully saturated rings. The number of nitrogens with zero attached hydrogens (tertiary/aromatic N) is 2. The quantitative estimate of drug-likeness (QED) is 0.675. The SMILES string of the molecule is CCCCOCCNc1ccn(C)n1. The van der Waals surface area contributed by atoms with Crippen LogP contribution in [0, 0.1) is 0 Å². The molecular weight excluding hydrogens is 178 g/mol. The lowest BCUT2D eigenvalue weighted by Gasteiger charge is -2.03. The Morgan fingerprint density at radius 2 is 2.36 bits per heavy atom. The maximum atomic E-state index is 5.41. The van der Waals surface area contributed by atoms with Crippen molar-refractivity contribution in [3.63, 3.8) is 0 Å². The van der Waals surface area contributed by atoms with Crippen LogP contribution in [0.1, 0.15) is 19.8 Å². The number of rotatable bonds is 7. The fourth-order valence-corrected chi connectivity index (χ4v) is 1.11. The molecule has 0 radical (unpaired) electrons. The molecule has 80 valence electrons. The van der Waals surface area contributed by atoms with Gasteiger partial charge in [-0.1, -0.05) is 13.3 Å². The van der Waals surface area contributed by atoms with Crippen LogP contribution < -0.4 is 5.32 Å². The summed E-state index contributed by atoms with van der Waals surface area (Å²) in [5.74, 6) is 0.909. The van der Waals surface area contributed by atoms with Crippen molar-refractivity contribution < 1.29 is 4.74 Å². The van der Waals surface area contributed by atoms with Crippen molar-refractivity contribution in [1.29, 1.82) is 0 Å².